The summed E-state index contributed by atoms with van der Waals surface area (Å²) in [7, 11) is 0. The molecular weight excluding hydrogens is 270 g/mol. The summed E-state index contributed by atoms with van der Waals surface area (Å²) < 4.78 is 78.4. The first kappa shape index (κ1) is 16.9. The van der Waals surface area contributed by atoms with Crippen molar-refractivity contribution < 1.29 is 40.6 Å². The lowest BCUT2D eigenvalue weighted by atomic mass is 10.3. The largest absolute Gasteiger partial charge is 0.508 e. The van der Waals surface area contributed by atoms with E-state index in [0.29, 0.717) is 0 Å². The molecular formula is C9H12F6O3. The van der Waals surface area contributed by atoms with Crippen LogP contribution in [0.5, 0.6) is 0 Å². The summed E-state index contributed by atoms with van der Waals surface area (Å²) in [5.41, 5.74) is 0. The van der Waals surface area contributed by atoms with Gasteiger partial charge in [0.25, 0.3) is 0 Å². The molecule has 9 heteroatoms. The van der Waals surface area contributed by atoms with Crippen LogP contribution in [0.4, 0.5) is 31.1 Å². The Labute approximate surface area is 99.0 Å². The maximum atomic E-state index is 11.7. The molecule has 18 heavy (non-hydrogen) atoms. The topological polar surface area (TPSA) is 35.5 Å². The normalized spacial score (nSPS) is 12.3. The van der Waals surface area contributed by atoms with Crippen molar-refractivity contribution in [1.82, 2.24) is 0 Å². The molecule has 0 aliphatic heterocycles. The van der Waals surface area contributed by atoms with Crippen molar-refractivity contribution in [3.05, 3.63) is 0 Å². The lowest BCUT2D eigenvalue weighted by Crippen LogP contribution is -2.14. The number of alkyl halides is 6. The van der Waals surface area contributed by atoms with Crippen LogP contribution < -0.4 is 0 Å². The lowest BCUT2D eigenvalue weighted by Gasteiger charge is -2.08. The van der Waals surface area contributed by atoms with Crippen molar-refractivity contribution in [3.63, 3.8) is 0 Å². The van der Waals surface area contributed by atoms with Crippen LogP contribution >= 0.6 is 0 Å². The third kappa shape index (κ3) is 12.9. The standard InChI is InChI=1S/C9H12F6O3/c10-8(11,12)3-1-5-17-7(16)18-6-2-4-9(13,14)15/h1-6H2. The second kappa shape index (κ2) is 7.32. The summed E-state index contributed by atoms with van der Waals surface area (Å²) in [6.07, 6.45) is -13.0. The summed E-state index contributed by atoms with van der Waals surface area (Å²) in [5, 5.41) is 0. The Morgan fingerprint density at radius 1 is 0.778 bits per heavy atom. The van der Waals surface area contributed by atoms with E-state index in [1.165, 1.54) is 0 Å². The van der Waals surface area contributed by atoms with Gasteiger partial charge in [-0.2, -0.15) is 26.3 Å². The van der Waals surface area contributed by atoms with Crippen LogP contribution in [0.2, 0.25) is 0 Å². The van der Waals surface area contributed by atoms with Crippen molar-refractivity contribution >= 4 is 6.16 Å². The van der Waals surface area contributed by atoms with Crippen LogP contribution in [0.1, 0.15) is 25.7 Å². The average molecular weight is 282 g/mol. The van der Waals surface area contributed by atoms with Gasteiger partial charge >= 0.3 is 18.5 Å². The summed E-state index contributed by atoms with van der Waals surface area (Å²) >= 11 is 0. The minimum Gasteiger partial charge on any atom is -0.434 e. The molecule has 0 N–H and O–H groups in total. The Kier molecular flexibility index (Phi) is 6.85. The number of ether oxygens (including phenoxy) is 2. The molecule has 108 valence electrons. The first-order valence-electron chi connectivity index (χ1n) is 5.03. The molecule has 0 amide bonds. The molecule has 0 bridgehead atoms. The van der Waals surface area contributed by atoms with Gasteiger partial charge in [-0.15, -0.1) is 0 Å². The van der Waals surface area contributed by atoms with Crippen LogP contribution in [0.3, 0.4) is 0 Å². The number of halogens is 6. The summed E-state index contributed by atoms with van der Waals surface area (Å²) in [6, 6.07) is 0. The van der Waals surface area contributed by atoms with Crippen molar-refractivity contribution in [3.8, 4) is 0 Å². The first-order chi connectivity index (χ1) is 8.10. The fraction of sp³-hybridized carbons (Fsp3) is 0.889. The zero-order chi connectivity index (χ0) is 14.2. The Morgan fingerprint density at radius 2 is 1.11 bits per heavy atom. The summed E-state index contributed by atoms with van der Waals surface area (Å²) in [4.78, 5) is 10.7. The summed E-state index contributed by atoms with van der Waals surface area (Å²) in [5.74, 6) is 0. The Morgan fingerprint density at radius 3 is 1.39 bits per heavy atom. The molecule has 0 aromatic heterocycles. The van der Waals surface area contributed by atoms with Crippen LogP contribution in [-0.2, 0) is 9.47 Å². The van der Waals surface area contributed by atoms with Crippen molar-refractivity contribution in [2.24, 2.45) is 0 Å². The quantitative estimate of drug-likeness (QED) is 0.422. The van der Waals surface area contributed by atoms with E-state index in [0.717, 1.165) is 0 Å². The van der Waals surface area contributed by atoms with Gasteiger partial charge in [0, 0.05) is 12.8 Å². The fourth-order valence-electron chi connectivity index (χ4n) is 0.898. The average Bonchev–Trinajstić information content (AvgIpc) is 2.17. The van der Waals surface area contributed by atoms with Crippen LogP contribution in [-0.4, -0.2) is 31.7 Å². The van der Waals surface area contributed by atoms with Crippen molar-refractivity contribution in [2.75, 3.05) is 13.2 Å². The highest BCUT2D eigenvalue weighted by Crippen LogP contribution is 2.22. The second-order valence-electron chi connectivity index (χ2n) is 3.38. The van der Waals surface area contributed by atoms with Gasteiger partial charge in [-0.3, -0.25) is 0 Å². The third-order valence-corrected chi connectivity index (χ3v) is 1.65. The van der Waals surface area contributed by atoms with Crippen LogP contribution in [0.25, 0.3) is 0 Å². The van der Waals surface area contributed by atoms with Gasteiger partial charge in [-0.05, 0) is 12.8 Å². The molecule has 0 aromatic carbocycles. The molecule has 0 heterocycles. The lowest BCUT2D eigenvalue weighted by molar-refractivity contribution is -0.137. The number of hydrogen-bond acceptors (Lipinski definition) is 3. The Hall–Kier alpha value is -1.15. The smallest absolute Gasteiger partial charge is 0.434 e. The highest BCUT2D eigenvalue weighted by molar-refractivity contribution is 5.59. The van der Waals surface area contributed by atoms with E-state index >= 15 is 0 Å². The second-order valence-corrected chi connectivity index (χ2v) is 3.38. The van der Waals surface area contributed by atoms with Crippen LogP contribution in [0, 0.1) is 0 Å². The predicted molar refractivity (Wildman–Crippen MR) is 47.9 cm³/mol. The van der Waals surface area contributed by atoms with E-state index in [1.54, 1.807) is 0 Å². The van der Waals surface area contributed by atoms with Gasteiger partial charge < -0.3 is 9.47 Å². The van der Waals surface area contributed by atoms with E-state index in [9.17, 15) is 31.1 Å². The molecule has 0 aromatic rings. The van der Waals surface area contributed by atoms with Gasteiger partial charge in [-0.25, -0.2) is 4.79 Å². The minimum atomic E-state index is -4.33. The van der Waals surface area contributed by atoms with Gasteiger partial charge in [-0.1, -0.05) is 0 Å². The maximum Gasteiger partial charge on any atom is 0.508 e. The molecule has 0 spiro atoms. The molecule has 0 unspecified atom stereocenters. The number of rotatable bonds is 6. The Balaban J connectivity index is 3.44. The molecule has 0 saturated heterocycles. The third-order valence-electron chi connectivity index (χ3n) is 1.65. The molecule has 0 aliphatic rings. The highest BCUT2D eigenvalue weighted by atomic mass is 19.4. The highest BCUT2D eigenvalue weighted by Gasteiger charge is 2.27. The van der Waals surface area contributed by atoms with Crippen molar-refractivity contribution in [2.45, 2.75) is 38.0 Å². The predicted octanol–water partition coefficient (Wildman–Crippen LogP) is 3.82. The SMILES string of the molecule is O=C(OCCCC(F)(F)F)OCCCC(F)(F)F. The first-order valence-corrected chi connectivity index (χ1v) is 5.03. The number of carbonyl (C=O) groups excluding carboxylic acids is 1. The van der Waals surface area contributed by atoms with E-state index < -0.39 is 57.4 Å². The Bertz CT molecular complexity index is 224. The fourth-order valence-corrected chi connectivity index (χ4v) is 0.898. The zero-order valence-corrected chi connectivity index (χ0v) is 9.24. The van der Waals surface area contributed by atoms with Crippen molar-refractivity contribution in [1.29, 1.82) is 0 Å². The molecule has 0 fully saturated rings. The van der Waals surface area contributed by atoms with Crippen LogP contribution in [0.15, 0.2) is 0 Å². The zero-order valence-electron chi connectivity index (χ0n) is 9.24. The molecule has 0 saturated carbocycles. The monoisotopic (exact) mass is 282 g/mol. The summed E-state index contributed by atoms with van der Waals surface area (Å²) in [6.45, 7) is -0.977. The van der Waals surface area contributed by atoms with Gasteiger partial charge in [0.1, 0.15) is 0 Å². The van der Waals surface area contributed by atoms with Gasteiger partial charge in [0.05, 0.1) is 13.2 Å². The van der Waals surface area contributed by atoms with E-state index in [-0.39, 0.29) is 0 Å². The van der Waals surface area contributed by atoms with E-state index in [4.69, 9.17) is 0 Å². The molecule has 0 radical (unpaired) electrons. The van der Waals surface area contributed by atoms with E-state index in [1.807, 2.05) is 0 Å². The van der Waals surface area contributed by atoms with Gasteiger partial charge in [0.15, 0.2) is 0 Å². The molecule has 3 nitrogen and oxygen atoms in total. The van der Waals surface area contributed by atoms with E-state index in [2.05, 4.69) is 9.47 Å². The number of hydrogen-bond donors (Lipinski definition) is 0. The maximum absolute atomic E-state index is 11.7. The minimum absolute atomic E-state index is 0.416. The molecule has 0 atom stereocenters. The number of carbonyl (C=O) groups is 1. The molecule has 0 aliphatic carbocycles. The van der Waals surface area contributed by atoms with Gasteiger partial charge in [0.2, 0.25) is 0 Å². The molecule has 0 rings (SSSR count).